The minimum absolute atomic E-state index is 0. The van der Waals surface area contributed by atoms with E-state index in [1.165, 1.54) is 25.0 Å². The van der Waals surface area contributed by atoms with Crippen LogP contribution < -0.4 is 10.6 Å². The van der Waals surface area contributed by atoms with Crippen LogP contribution in [0.15, 0.2) is 22.7 Å². The zero-order chi connectivity index (χ0) is 13.4. The van der Waals surface area contributed by atoms with E-state index in [0.29, 0.717) is 16.6 Å². The van der Waals surface area contributed by atoms with Gasteiger partial charge in [0.15, 0.2) is 0 Å². The molecule has 0 spiro atoms. The van der Waals surface area contributed by atoms with Gasteiger partial charge in [0.1, 0.15) is 5.82 Å². The molecule has 2 fully saturated rings. The molecule has 0 aromatic heterocycles. The van der Waals surface area contributed by atoms with Crippen molar-refractivity contribution in [3.05, 3.63) is 34.1 Å². The van der Waals surface area contributed by atoms with Crippen molar-refractivity contribution in [3.63, 3.8) is 0 Å². The molecule has 2 heterocycles. The number of fused-ring (bicyclic) bond motifs is 2. The van der Waals surface area contributed by atoms with Crippen LogP contribution in [-0.2, 0) is 0 Å². The third kappa shape index (κ3) is 3.32. The van der Waals surface area contributed by atoms with Crippen molar-refractivity contribution in [2.75, 3.05) is 0 Å². The van der Waals surface area contributed by atoms with Gasteiger partial charge < -0.3 is 10.6 Å². The second-order valence-electron chi connectivity index (χ2n) is 5.40. The molecule has 2 aliphatic heterocycles. The predicted octanol–water partition coefficient (Wildman–Crippen LogP) is 3.02. The second-order valence-corrected chi connectivity index (χ2v) is 6.32. The third-order valence-electron chi connectivity index (χ3n) is 3.98. The fraction of sp³-hybridized carbons (Fsp3) is 0.500. The zero-order valence-corrected chi connectivity index (χ0v) is 13.3. The number of hydrogen-bond donors (Lipinski definition) is 2. The first kappa shape index (κ1) is 15.7. The van der Waals surface area contributed by atoms with Crippen LogP contribution in [0.5, 0.6) is 0 Å². The molecule has 110 valence electrons. The number of hydrogen-bond acceptors (Lipinski definition) is 2. The second kappa shape index (κ2) is 6.41. The molecule has 6 heteroatoms. The Balaban J connectivity index is 0.00000147. The fourth-order valence-electron chi connectivity index (χ4n) is 3.11. The van der Waals surface area contributed by atoms with E-state index in [1.54, 1.807) is 6.07 Å². The minimum Gasteiger partial charge on any atom is -0.349 e. The van der Waals surface area contributed by atoms with Crippen LogP contribution in [0.2, 0.25) is 0 Å². The van der Waals surface area contributed by atoms with Crippen molar-refractivity contribution in [2.24, 2.45) is 0 Å². The lowest BCUT2D eigenvalue weighted by molar-refractivity contribution is 0.0920. The maximum absolute atomic E-state index is 13.6. The van der Waals surface area contributed by atoms with Gasteiger partial charge >= 0.3 is 0 Å². The van der Waals surface area contributed by atoms with Crippen molar-refractivity contribution < 1.29 is 9.18 Å². The smallest absolute Gasteiger partial charge is 0.254 e. The quantitative estimate of drug-likeness (QED) is 0.848. The van der Waals surface area contributed by atoms with Crippen LogP contribution in [-0.4, -0.2) is 24.0 Å². The molecule has 2 unspecified atom stereocenters. The highest BCUT2D eigenvalue weighted by atomic mass is 79.9. The number of amides is 1. The summed E-state index contributed by atoms with van der Waals surface area (Å²) in [5.41, 5.74) is 0.111. The van der Waals surface area contributed by atoms with Crippen LogP contribution >= 0.6 is 28.3 Å². The molecular weight excluding hydrogens is 347 g/mol. The van der Waals surface area contributed by atoms with E-state index in [9.17, 15) is 9.18 Å². The van der Waals surface area contributed by atoms with Gasteiger partial charge in [-0.1, -0.05) is 15.9 Å². The SMILES string of the molecule is Cl.O=C(NC1CC2CCC(C1)N2)c1cc(Br)ccc1F. The summed E-state index contributed by atoms with van der Waals surface area (Å²) in [6, 6.07) is 5.61. The van der Waals surface area contributed by atoms with Crippen LogP contribution in [0.1, 0.15) is 36.0 Å². The van der Waals surface area contributed by atoms with E-state index in [4.69, 9.17) is 0 Å². The summed E-state index contributed by atoms with van der Waals surface area (Å²) >= 11 is 3.26. The Morgan fingerprint density at radius 2 is 1.95 bits per heavy atom. The van der Waals surface area contributed by atoms with E-state index < -0.39 is 5.82 Å². The molecular formula is C14H17BrClFN2O. The number of halogens is 3. The van der Waals surface area contributed by atoms with Crippen LogP contribution in [0, 0.1) is 5.82 Å². The van der Waals surface area contributed by atoms with E-state index in [2.05, 4.69) is 26.6 Å². The maximum Gasteiger partial charge on any atom is 0.254 e. The van der Waals surface area contributed by atoms with E-state index in [0.717, 1.165) is 12.8 Å². The average molecular weight is 364 g/mol. The largest absolute Gasteiger partial charge is 0.349 e. The summed E-state index contributed by atoms with van der Waals surface area (Å²) in [5, 5.41) is 6.49. The Kier molecular flexibility index (Phi) is 5.04. The average Bonchev–Trinajstić information content (AvgIpc) is 2.71. The standard InChI is InChI=1S/C14H16BrFN2O.ClH/c15-8-1-4-13(16)12(5-8)14(19)18-11-6-9-2-3-10(7-11)17-9;/h1,4-5,9-11,17H,2-3,6-7H2,(H,18,19);1H. The molecule has 3 rings (SSSR count). The van der Waals surface area contributed by atoms with Gasteiger partial charge in [0.05, 0.1) is 5.56 Å². The number of benzene rings is 1. The molecule has 2 atom stereocenters. The first-order valence-electron chi connectivity index (χ1n) is 6.64. The minimum atomic E-state index is -0.474. The molecule has 2 saturated heterocycles. The van der Waals surface area contributed by atoms with Gasteiger partial charge in [0, 0.05) is 22.6 Å². The predicted molar refractivity (Wildman–Crippen MR) is 81.8 cm³/mol. The van der Waals surface area contributed by atoms with Gasteiger partial charge in [-0.15, -0.1) is 12.4 Å². The normalized spacial score (nSPS) is 27.8. The molecule has 0 aliphatic carbocycles. The van der Waals surface area contributed by atoms with Gasteiger partial charge in [-0.3, -0.25) is 4.79 Å². The molecule has 2 bridgehead atoms. The molecule has 1 amide bonds. The monoisotopic (exact) mass is 362 g/mol. The third-order valence-corrected chi connectivity index (χ3v) is 4.47. The first-order chi connectivity index (χ1) is 9.11. The van der Waals surface area contributed by atoms with Crippen LogP contribution in [0.3, 0.4) is 0 Å². The van der Waals surface area contributed by atoms with Gasteiger partial charge in [-0.05, 0) is 43.9 Å². The van der Waals surface area contributed by atoms with Gasteiger partial charge in [-0.2, -0.15) is 0 Å². The number of piperidine rings is 1. The topological polar surface area (TPSA) is 41.1 Å². The summed E-state index contributed by atoms with van der Waals surface area (Å²) in [6.45, 7) is 0. The summed E-state index contributed by atoms with van der Waals surface area (Å²) < 4.78 is 14.4. The summed E-state index contributed by atoms with van der Waals surface area (Å²) in [5.74, 6) is -0.789. The molecule has 0 radical (unpaired) electrons. The molecule has 1 aromatic carbocycles. The molecule has 3 nitrogen and oxygen atoms in total. The first-order valence-corrected chi connectivity index (χ1v) is 7.43. The summed E-state index contributed by atoms with van der Waals surface area (Å²) in [4.78, 5) is 12.1. The Morgan fingerprint density at radius 1 is 1.30 bits per heavy atom. The molecule has 0 saturated carbocycles. The Morgan fingerprint density at radius 3 is 2.60 bits per heavy atom. The highest BCUT2D eigenvalue weighted by Crippen LogP contribution is 2.27. The van der Waals surface area contributed by atoms with Crippen molar-refractivity contribution in [2.45, 2.75) is 43.8 Å². The lowest BCUT2D eigenvalue weighted by atomic mass is 9.99. The molecule has 2 N–H and O–H groups in total. The lowest BCUT2D eigenvalue weighted by Gasteiger charge is -2.29. The Bertz CT molecular complexity index is 502. The zero-order valence-electron chi connectivity index (χ0n) is 10.9. The summed E-state index contributed by atoms with van der Waals surface area (Å²) in [7, 11) is 0. The highest BCUT2D eigenvalue weighted by Gasteiger charge is 2.34. The van der Waals surface area contributed by atoms with E-state index in [1.807, 2.05) is 0 Å². The number of carbonyl (C=O) groups is 1. The molecule has 2 aliphatic rings. The summed E-state index contributed by atoms with van der Waals surface area (Å²) in [6.07, 6.45) is 4.25. The number of nitrogens with one attached hydrogen (secondary N) is 2. The van der Waals surface area contributed by atoms with E-state index in [-0.39, 0.29) is 29.9 Å². The maximum atomic E-state index is 13.6. The van der Waals surface area contributed by atoms with Gasteiger partial charge in [-0.25, -0.2) is 4.39 Å². The van der Waals surface area contributed by atoms with Crippen molar-refractivity contribution in [1.29, 1.82) is 0 Å². The highest BCUT2D eigenvalue weighted by molar-refractivity contribution is 9.10. The van der Waals surface area contributed by atoms with Crippen LogP contribution in [0.25, 0.3) is 0 Å². The lowest BCUT2D eigenvalue weighted by Crippen LogP contribution is -2.48. The van der Waals surface area contributed by atoms with Crippen LogP contribution in [0.4, 0.5) is 4.39 Å². The molecule has 1 aromatic rings. The fourth-order valence-corrected chi connectivity index (χ4v) is 3.47. The van der Waals surface area contributed by atoms with Gasteiger partial charge in [0.25, 0.3) is 5.91 Å². The van der Waals surface area contributed by atoms with E-state index >= 15 is 0 Å². The molecule has 20 heavy (non-hydrogen) atoms. The van der Waals surface area contributed by atoms with Gasteiger partial charge in [0.2, 0.25) is 0 Å². The van der Waals surface area contributed by atoms with Crippen molar-refractivity contribution in [3.8, 4) is 0 Å². The Hall–Kier alpha value is -0.650. The Labute approximate surface area is 132 Å². The van der Waals surface area contributed by atoms with Crippen molar-refractivity contribution in [1.82, 2.24) is 10.6 Å². The number of rotatable bonds is 2. The van der Waals surface area contributed by atoms with Crippen molar-refractivity contribution >= 4 is 34.2 Å². The number of carbonyl (C=O) groups excluding carboxylic acids is 1.